The highest BCUT2D eigenvalue weighted by molar-refractivity contribution is 7.12. The van der Waals surface area contributed by atoms with Gasteiger partial charge in [-0.05, 0) is 30.2 Å². The summed E-state index contributed by atoms with van der Waals surface area (Å²) in [5.41, 5.74) is 0.884. The average Bonchev–Trinajstić information content (AvgIpc) is 3.02. The molecule has 1 aromatic rings. The van der Waals surface area contributed by atoms with Crippen LogP contribution in [0.15, 0.2) is 11.4 Å². The first-order valence-corrected chi connectivity index (χ1v) is 9.56. The fraction of sp³-hybridized carbons (Fsp3) is 0.667. The lowest BCUT2D eigenvalue weighted by Gasteiger charge is -2.27. The fourth-order valence-electron chi connectivity index (χ4n) is 3.43. The summed E-state index contributed by atoms with van der Waals surface area (Å²) in [5, 5.41) is 13.9. The zero-order chi connectivity index (χ0) is 17.4. The van der Waals surface area contributed by atoms with Crippen LogP contribution in [0.1, 0.15) is 66.6 Å². The lowest BCUT2D eigenvalue weighted by molar-refractivity contribution is -0.137. The lowest BCUT2D eigenvalue weighted by Crippen LogP contribution is -2.37. The van der Waals surface area contributed by atoms with Crippen LogP contribution >= 0.6 is 11.3 Å². The van der Waals surface area contributed by atoms with Crippen molar-refractivity contribution in [3.63, 3.8) is 0 Å². The summed E-state index contributed by atoms with van der Waals surface area (Å²) in [6, 6.07) is 1.82. The van der Waals surface area contributed by atoms with Crippen molar-refractivity contribution in [1.82, 2.24) is 5.32 Å². The molecule has 0 saturated heterocycles. The molecule has 1 saturated carbocycles. The van der Waals surface area contributed by atoms with Gasteiger partial charge in [-0.25, -0.2) is 0 Å². The lowest BCUT2D eigenvalue weighted by atomic mass is 9.84. The van der Waals surface area contributed by atoms with Crippen LogP contribution in [0.3, 0.4) is 0 Å². The molecule has 0 radical (unpaired) electrons. The molecule has 1 unspecified atom stereocenters. The topological polar surface area (TPSA) is 75.6 Å². The van der Waals surface area contributed by atoms with Gasteiger partial charge < -0.3 is 15.2 Å². The largest absolute Gasteiger partial charge is 0.481 e. The molecule has 1 aliphatic carbocycles. The summed E-state index contributed by atoms with van der Waals surface area (Å²) < 4.78 is 5.13. The van der Waals surface area contributed by atoms with Crippen molar-refractivity contribution in [1.29, 1.82) is 0 Å². The van der Waals surface area contributed by atoms with Crippen LogP contribution in [-0.4, -0.2) is 30.1 Å². The Balaban J connectivity index is 1.98. The summed E-state index contributed by atoms with van der Waals surface area (Å²) in [7, 11) is 1.61. The molecule has 1 atom stereocenters. The Morgan fingerprint density at radius 3 is 2.79 bits per heavy atom. The molecular weight excluding hydrogens is 326 g/mol. The maximum absolute atomic E-state index is 12.6. The predicted molar refractivity (Wildman–Crippen MR) is 94.3 cm³/mol. The molecule has 24 heavy (non-hydrogen) atoms. The normalized spacial score (nSPS) is 16.7. The van der Waals surface area contributed by atoms with Crippen LogP contribution in [0.4, 0.5) is 0 Å². The van der Waals surface area contributed by atoms with E-state index in [2.05, 4.69) is 5.32 Å². The average molecular weight is 353 g/mol. The summed E-state index contributed by atoms with van der Waals surface area (Å²) >= 11 is 1.40. The fourth-order valence-corrected chi connectivity index (χ4v) is 4.24. The molecule has 0 spiro atoms. The molecule has 0 bridgehead atoms. The molecule has 6 heteroatoms. The van der Waals surface area contributed by atoms with E-state index in [4.69, 9.17) is 9.84 Å². The van der Waals surface area contributed by atoms with Crippen LogP contribution < -0.4 is 5.32 Å². The van der Waals surface area contributed by atoms with E-state index in [-0.39, 0.29) is 18.4 Å². The second-order valence-corrected chi connectivity index (χ2v) is 7.47. The predicted octanol–water partition coefficient (Wildman–Crippen LogP) is 3.83. The Morgan fingerprint density at radius 2 is 2.12 bits per heavy atom. The number of carbonyl (C=O) groups is 2. The first-order valence-electron chi connectivity index (χ1n) is 8.68. The van der Waals surface area contributed by atoms with Gasteiger partial charge in [-0.2, -0.15) is 0 Å². The zero-order valence-corrected chi connectivity index (χ0v) is 15.1. The summed E-state index contributed by atoms with van der Waals surface area (Å²) in [4.78, 5) is 24.2. The number of aliphatic carboxylic acids is 1. The molecule has 0 aromatic carbocycles. The van der Waals surface area contributed by atoms with Gasteiger partial charge in [0.1, 0.15) is 0 Å². The van der Waals surface area contributed by atoms with Gasteiger partial charge in [0, 0.05) is 25.1 Å². The quantitative estimate of drug-likeness (QED) is 0.707. The molecule has 1 amide bonds. The Morgan fingerprint density at radius 1 is 1.38 bits per heavy atom. The van der Waals surface area contributed by atoms with E-state index in [0.29, 0.717) is 23.8 Å². The summed E-state index contributed by atoms with van der Waals surface area (Å²) in [5.74, 6) is -0.322. The maximum Gasteiger partial charge on any atom is 0.303 e. The van der Waals surface area contributed by atoms with Crippen molar-refractivity contribution in [3.05, 3.63) is 21.9 Å². The SMILES string of the molecule is COCc1ccsc1C(=O)NC(CCC(=O)O)CC1CCCCC1. The molecule has 5 nitrogen and oxygen atoms in total. The molecule has 1 aromatic heterocycles. The second-order valence-electron chi connectivity index (χ2n) is 6.55. The third-order valence-corrected chi connectivity index (χ3v) is 5.59. The minimum atomic E-state index is -0.811. The maximum atomic E-state index is 12.6. The van der Waals surface area contributed by atoms with E-state index in [0.717, 1.165) is 12.0 Å². The van der Waals surface area contributed by atoms with Gasteiger partial charge in [-0.15, -0.1) is 11.3 Å². The summed E-state index contributed by atoms with van der Waals surface area (Å²) in [6.07, 6.45) is 7.61. The number of rotatable bonds is 9. The molecule has 134 valence electrons. The number of carboxylic acids is 1. The Bertz CT molecular complexity index is 537. The van der Waals surface area contributed by atoms with Gasteiger partial charge >= 0.3 is 5.97 Å². The zero-order valence-electron chi connectivity index (χ0n) is 14.3. The van der Waals surface area contributed by atoms with E-state index in [1.807, 2.05) is 11.4 Å². The Hall–Kier alpha value is -1.40. The highest BCUT2D eigenvalue weighted by Crippen LogP contribution is 2.28. The third-order valence-electron chi connectivity index (χ3n) is 4.64. The van der Waals surface area contributed by atoms with E-state index in [1.54, 1.807) is 7.11 Å². The first-order chi connectivity index (χ1) is 11.6. The molecule has 2 rings (SSSR count). The van der Waals surface area contributed by atoms with Gasteiger partial charge in [-0.1, -0.05) is 32.1 Å². The molecule has 1 heterocycles. The first kappa shape index (κ1) is 18.9. The van der Waals surface area contributed by atoms with E-state index < -0.39 is 5.97 Å². The van der Waals surface area contributed by atoms with Gasteiger partial charge in [0.2, 0.25) is 0 Å². The number of carboxylic acid groups (broad SMARTS) is 1. The van der Waals surface area contributed by atoms with Gasteiger partial charge in [0.15, 0.2) is 0 Å². The minimum Gasteiger partial charge on any atom is -0.481 e. The van der Waals surface area contributed by atoms with Gasteiger partial charge in [-0.3, -0.25) is 9.59 Å². The standard InChI is InChI=1S/C18H27NO4S/c1-23-12-14-9-10-24-17(14)18(22)19-15(7-8-16(20)21)11-13-5-3-2-4-6-13/h9-10,13,15H,2-8,11-12H2,1H3,(H,19,22)(H,20,21). The number of thiophene rings is 1. The highest BCUT2D eigenvalue weighted by Gasteiger charge is 2.23. The monoisotopic (exact) mass is 353 g/mol. The molecule has 0 aliphatic heterocycles. The van der Waals surface area contributed by atoms with Crippen LogP contribution in [0, 0.1) is 5.92 Å². The van der Waals surface area contributed by atoms with E-state index in [1.165, 1.54) is 43.4 Å². The van der Waals surface area contributed by atoms with Gasteiger partial charge in [0.25, 0.3) is 5.91 Å². The third kappa shape index (κ3) is 5.91. The molecular formula is C18H27NO4S. The smallest absolute Gasteiger partial charge is 0.303 e. The number of amides is 1. The van der Waals surface area contributed by atoms with Gasteiger partial charge in [0.05, 0.1) is 11.5 Å². The van der Waals surface area contributed by atoms with E-state index >= 15 is 0 Å². The van der Waals surface area contributed by atoms with Crippen molar-refractivity contribution < 1.29 is 19.4 Å². The second kappa shape index (κ2) is 9.79. The number of carbonyl (C=O) groups excluding carboxylic acids is 1. The van der Waals surface area contributed by atoms with Crippen molar-refractivity contribution in [2.75, 3.05) is 7.11 Å². The number of nitrogens with one attached hydrogen (secondary N) is 1. The van der Waals surface area contributed by atoms with E-state index in [9.17, 15) is 9.59 Å². The van der Waals surface area contributed by atoms with Crippen molar-refractivity contribution in [2.24, 2.45) is 5.92 Å². The highest BCUT2D eigenvalue weighted by atomic mass is 32.1. The Labute approximate surface area is 147 Å². The van der Waals surface area contributed by atoms with Crippen molar-refractivity contribution in [3.8, 4) is 0 Å². The minimum absolute atomic E-state index is 0.0748. The number of ether oxygens (including phenoxy) is 1. The van der Waals surface area contributed by atoms with Crippen LogP contribution in [0.25, 0.3) is 0 Å². The van der Waals surface area contributed by atoms with Crippen LogP contribution in [-0.2, 0) is 16.1 Å². The molecule has 1 aliphatic rings. The van der Waals surface area contributed by atoms with Crippen molar-refractivity contribution >= 4 is 23.2 Å². The molecule has 2 N–H and O–H groups in total. The Kier molecular flexibility index (Phi) is 7.72. The number of hydrogen-bond donors (Lipinski definition) is 2. The van der Waals surface area contributed by atoms with Crippen LogP contribution in [0.2, 0.25) is 0 Å². The number of methoxy groups -OCH3 is 1. The number of hydrogen-bond acceptors (Lipinski definition) is 4. The van der Waals surface area contributed by atoms with Crippen LogP contribution in [0.5, 0.6) is 0 Å². The van der Waals surface area contributed by atoms with Crippen molar-refractivity contribution in [2.45, 2.75) is 64.0 Å². The summed E-state index contributed by atoms with van der Waals surface area (Å²) in [6.45, 7) is 0.411. The molecule has 1 fully saturated rings.